The summed E-state index contributed by atoms with van der Waals surface area (Å²) in [6, 6.07) is 7.93. The normalized spacial score (nSPS) is 11.2. The zero-order chi connectivity index (χ0) is 18.6. The van der Waals surface area contributed by atoms with Crippen molar-refractivity contribution >= 4 is 38.9 Å². The fraction of sp³-hybridized carbons (Fsp3) is 0.250. The summed E-state index contributed by atoms with van der Waals surface area (Å²) in [5, 5.41) is 2.51. The Morgan fingerprint density at radius 1 is 1.16 bits per heavy atom. The van der Waals surface area contributed by atoms with Crippen molar-refractivity contribution < 1.29 is 22.7 Å². The molecule has 134 valence electrons. The molecule has 9 heteroatoms. The number of carbonyl (C=O) groups is 2. The van der Waals surface area contributed by atoms with E-state index in [2.05, 4.69) is 10.0 Å². The Balaban J connectivity index is 2.01. The monoisotopic (exact) mass is 382 g/mol. The minimum Gasteiger partial charge on any atom is -0.451 e. The topological polar surface area (TPSA) is 102 Å². The second kappa shape index (κ2) is 7.77. The Bertz CT molecular complexity index is 903. The molecule has 2 aromatic rings. The summed E-state index contributed by atoms with van der Waals surface area (Å²) < 4.78 is 31.1. The predicted molar refractivity (Wildman–Crippen MR) is 95.4 cm³/mol. The number of benzene rings is 1. The third kappa shape index (κ3) is 4.88. The van der Waals surface area contributed by atoms with Gasteiger partial charge in [-0.1, -0.05) is 6.07 Å². The molecular weight excluding hydrogens is 364 g/mol. The lowest BCUT2D eigenvalue weighted by molar-refractivity contribution is -0.119. The highest BCUT2D eigenvalue weighted by Gasteiger charge is 2.16. The highest BCUT2D eigenvalue weighted by Crippen LogP contribution is 2.20. The van der Waals surface area contributed by atoms with Crippen LogP contribution in [0.25, 0.3) is 0 Å². The summed E-state index contributed by atoms with van der Waals surface area (Å²) >= 11 is 1.28. The van der Waals surface area contributed by atoms with Gasteiger partial charge < -0.3 is 10.1 Å². The number of nitrogens with one attached hydrogen (secondary N) is 2. The molecule has 2 N–H and O–H groups in total. The van der Waals surface area contributed by atoms with E-state index in [1.54, 1.807) is 31.2 Å². The number of amides is 1. The molecule has 0 atom stereocenters. The summed E-state index contributed by atoms with van der Waals surface area (Å²) in [7, 11) is -2.32. The molecule has 7 nitrogen and oxygen atoms in total. The van der Waals surface area contributed by atoms with Gasteiger partial charge in [0.1, 0.15) is 4.88 Å². The van der Waals surface area contributed by atoms with Gasteiger partial charge in [-0.15, -0.1) is 11.3 Å². The lowest BCUT2D eigenvalue weighted by Crippen LogP contribution is -2.22. The summed E-state index contributed by atoms with van der Waals surface area (Å²) in [6.45, 7) is 3.06. The fourth-order valence-electron chi connectivity index (χ4n) is 2.02. The molecule has 0 bridgehead atoms. The number of hydrogen-bond acceptors (Lipinski definition) is 6. The standard InChI is InChI=1S/C16H18N2O5S2/c1-10-4-6-12(8-14(10)25(21,22)17-3)18-15(19)9-23-16(20)13-7-5-11(2)24-13/h4-8,17H,9H2,1-3H3,(H,18,19). The number of anilines is 1. The predicted octanol–water partition coefficient (Wildman–Crippen LogP) is 2.07. The molecule has 1 heterocycles. The largest absolute Gasteiger partial charge is 0.451 e. The van der Waals surface area contributed by atoms with Crippen LogP contribution in [0, 0.1) is 13.8 Å². The highest BCUT2D eigenvalue weighted by molar-refractivity contribution is 7.89. The Labute approximate surface area is 150 Å². The minimum atomic E-state index is -3.63. The Morgan fingerprint density at radius 2 is 1.88 bits per heavy atom. The number of rotatable bonds is 6. The van der Waals surface area contributed by atoms with Crippen LogP contribution in [0.4, 0.5) is 5.69 Å². The smallest absolute Gasteiger partial charge is 0.348 e. The van der Waals surface area contributed by atoms with Gasteiger partial charge in [0.25, 0.3) is 5.91 Å². The Hall–Kier alpha value is -2.23. The highest BCUT2D eigenvalue weighted by atomic mass is 32.2. The van der Waals surface area contributed by atoms with Crippen LogP contribution in [-0.2, 0) is 19.6 Å². The molecular formula is C16H18N2O5S2. The lowest BCUT2D eigenvalue weighted by atomic mass is 10.2. The van der Waals surface area contributed by atoms with Gasteiger partial charge in [0.15, 0.2) is 6.61 Å². The van der Waals surface area contributed by atoms with Crippen molar-refractivity contribution in [3.8, 4) is 0 Å². The average molecular weight is 382 g/mol. The number of esters is 1. The van der Waals surface area contributed by atoms with Gasteiger partial charge >= 0.3 is 5.97 Å². The third-order valence-electron chi connectivity index (χ3n) is 3.31. The van der Waals surface area contributed by atoms with Crippen LogP contribution in [0.2, 0.25) is 0 Å². The summed E-state index contributed by atoms with van der Waals surface area (Å²) in [5.74, 6) is -1.13. The number of ether oxygens (including phenoxy) is 1. The van der Waals surface area contributed by atoms with Crippen LogP contribution in [0.1, 0.15) is 20.1 Å². The summed E-state index contributed by atoms with van der Waals surface area (Å²) in [4.78, 5) is 25.2. The van der Waals surface area contributed by atoms with E-state index in [4.69, 9.17) is 4.74 Å². The molecule has 0 saturated heterocycles. The Kier molecular flexibility index (Phi) is 5.93. The van der Waals surface area contributed by atoms with Crippen LogP contribution < -0.4 is 10.0 Å². The minimum absolute atomic E-state index is 0.0684. The number of sulfonamides is 1. The van der Waals surface area contributed by atoms with Gasteiger partial charge in [-0.25, -0.2) is 17.9 Å². The summed E-state index contributed by atoms with van der Waals surface area (Å²) in [6.07, 6.45) is 0. The molecule has 1 aromatic carbocycles. The maximum atomic E-state index is 11.9. The van der Waals surface area contributed by atoms with E-state index in [1.807, 2.05) is 6.92 Å². The molecule has 2 rings (SSSR count). The van der Waals surface area contributed by atoms with Gasteiger partial charge in [-0.2, -0.15) is 0 Å². The maximum absolute atomic E-state index is 11.9. The van der Waals surface area contributed by atoms with Crippen LogP contribution in [0.5, 0.6) is 0 Å². The molecule has 1 amide bonds. The number of thiophene rings is 1. The van der Waals surface area contributed by atoms with Crippen LogP contribution in [-0.4, -0.2) is 33.9 Å². The zero-order valence-electron chi connectivity index (χ0n) is 14.0. The van der Waals surface area contributed by atoms with Crippen molar-refractivity contribution in [3.63, 3.8) is 0 Å². The number of hydrogen-bond donors (Lipinski definition) is 2. The van der Waals surface area contributed by atoms with E-state index in [-0.39, 0.29) is 4.90 Å². The molecule has 0 fully saturated rings. The van der Waals surface area contributed by atoms with Crippen molar-refractivity contribution in [2.45, 2.75) is 18.7 Å². The first-order valence-electron chi connectivity index (χ1n) is 7.30. The van der Waals surface area contributed by atoms with E-state index in [1.165, 1.54) is 24.5 Å². The molecule has 0 radical (unpaired) electrons. The molecule has 0 unspecified atom stereocenters. The average Bonchev–Trinajstić information content (AvgIpc) is 3.01. The Morgan fingerprint density at radius 3 is 2.48 bits per heavy atom. The van der Waals surface area contributed by atoms with Crippen LogP contribution in [0.3, 0.4) is 0 Å². The van der Waals surface area contributed by atoms with E-state index >= 15 is 0 Å². The molecule has 0 spiro atoms. The van der Waals surface area contributed by atoms with Crippen LogP contribution >= 0.6 is 11.3 Å². The van der Waals surface area contributed by atoms with E-state index in [0.29, 0.717) is 16.1 Å². The quantitative estimate of drug-likeness (QED) is 0.745. The first-order chi connectivity index (χ1) is 11.7. The third-order valence-corrected chi connectivity index (χ3v) is 5.84. The fourth-order valence-corrected chi connectivity index (χ4v) is 3.78. The maximum Gasteiger partial charge on any atom is 0.348 e. The van der Waals surface area contributed by atoms with E-state index < -0.39 is 28.5 Å². The van der Waals surface area contributed by atoms with E-state index in [0.717, 1.165) is 4.88 Å². The second-order valence-electron chi connectivity index (χ2n) is 5.22. The van der Waals surface area contributed by atoms with Crippen molar-refractivity contribution in [1.82, 2.24) is 4.72 Å². The molecule has 0 aliphatic carbocycles. The van der Waals surface area contributed by atoms with Gasteiger partial charge in [0.2, 0.25) is 10.0 Å². The van der Waals surface area contributed by atoms with Gasteiger partial charge in [0.05, 0.1) is 4.90 Å². The van der Waals surface area contributed by atoms with Gasteiger partial charge in [-0.3, -0.25) is 4.79 Å². The molecule has 1 aromatic heterocycles. The van der Waals surface area contributed by atoms with Gasteiger partial charge in [-0.05, 0) is 50.7 Å². The van der Waals surface area contributed by atoms with Crippen molar-refractivity contribution in [2.24, 2.45) is 0 Å². The molecule has 0 aliphatic rings. The lowest BCUT2D eigenvalue weighted by Gasteiger charge is -2.10. The number of aryl methyl sites for hydroxylation is 2. The van der Waals surface area contributed by atoms with Crippen molar-refractivity contribution in [2.75, 3.05) is 19.0 Å². The number of carbonyl (C=O) groups excluding carboxylic acids is 2. The first kappa shape index (κ1) is 19.1. The summed E-state index contributed by atoms with van der Waals surface area (Å²) in [5.41, 5.74) is 0.847. The SMILES string of the molecule is CNS(=O)(=O)c1cc(NC(=O)COC(=O)c2ccc(C)s2)ccc1C. The second-order valence-corrected chi connectivity index (χ2v) is 8.37. The first-order valence-corrected chi connectivity index (χ1v) is 9.60. The molecule has 0 saturated carbocycles. The molecule has 25 heavy (non-hydrogen) atoms. The zero-order valence-corrected chi connectivity index (χ0v) is 15.6. The molecule has 0 aliphatic heterocycles. The van der Waals surface area contributed by atoms with E-state index in [9.17, 15) is 18.0 Å². The van der Waals surface area contributed by atoms with Crippen molar-refractivity contribution in [3.05, 3.63) is 45.6 Å². The van der Waals surface area contributed by atoms with Gasteiger partial charge in [0, 0.05) is 10.6 Å². The van der Waals surface area contributed by atoms with Crippen LogP contribution in [0.15, 0.2) is 35.2 Å². The van der Waals surface area contributed by atoms with Crippen molar-refractivity contribution in [1.29, 1.82) is 0 Å².